The molecule has 182 valence electrons. The van der Waals surface area contributed by atoms with Gasteiger partial charge in [0.2, 0.25) is 0 Å². The first-order valence-electron chi connectivity index (χ1n) is 11.3. The third kappa shape index (κ3) is 14.1. The van der Waals surface area contributed by atoms with Gasteiger partial charge in [0.05, 0.1) is 0 Å². The van der Waals surface area contributed by atoms with Crippen molar-refractivity contribution in [3.63, 3.8) is 0 Å². The molecule has 0 aliphatic carbocycles. The van der Waals surface area contributed by atoms with Crippen LogP contribution in [0.1, 0.15) is 64.2 Å². The lowest BCUT2D eigenvalue weighted by molar-refractivity contribution is 0.0953. The smallest absolute Gasteiger partial charge is 0.377 e. The second-order valence-corrected chi connectivity index (χ2v) is 14.2. The number of rotatable bonds is 23. The molecule has 0 aliphatic heterocycles. The van der Waals surface area contributed by atoms with Crippen LogP contribution in [-0.2, 0) is 26.6 Å². The molecule has 10 heteroatoms. The largest absolute Gasteiger partial charge is 0.500 e. The van der Waals surface area contributed by atoms with E-state index in [2.05, 4.69) is 25.3 Å². The molecule has 0 fully saturated rings. The summed E-state index contributed by atoms with van der Waals surface area (Å²) in [7, 11) is 1.82. The van der Waals surface area contributed by atoms with Crippen LogP contribution in [0.25, 0.3) is 0 Å². The van der Waals surface area contributed by atoms with Crippen LogP contribution in [0.3, 0.4) is 0 Å². The zero-order valence-electron chi connectivity index (χ0n) is 19.7. The maximum atomic E-state index is 6.00. The van der Waals surface area contributed by atoms with Gasteiger partial charge >= 0.3 is 17.6 Å². The maximum Gasteiger partial charge on any atom is 0.500 e. The quantitative estimate of drug-likeness (QED) is 0.113. The van der Waals surface area contributed by atoms with Gasteiger partial charge in [0.1, 0.15) is 0 Å². The minimum Gasteiger partial charge on any atom is -0.377 e. The summed E-state index contributed by atoms with van der Waals surface area (Å²) in [5.41, 5.74) is 0. The van der Waals surface area contributed by atoms with Crippen LogP contribution in [0, 0.1) is 0 Å². The normalized spacial score (nSPS) is 12.6. The molecular weight excluding hydrogens is 457 g/mol. The molecule has 0 radical (unpaired) electrons. The van der Waals surface area contributed by atoms with Gasteiger partial charge < -0.3 is 26.6 Å². The highest BCUT2D eigenvalue weighted by atomic mass is 32.1. The summed E-state index contributed by atoms with van der Waals surface area (Å²) in [6, 6.07) is 1.67. The van der Waals surface area contributed by atoms with Crippen molar-refractivity contribution in [3.8, 4) is 0 Å². The Hall–Kier alpha value is 0.894. The van der Waals surface area contributed by atoms with Gasteiger partial charge in [0.15, 0.2) is 0 Å². The fourth-order valence-corrected chi connectivity index (χ4v) is 8.22. The molecule has 0 rings (SSSR count). The Labute approximate surface area is 198 Å². The van der Waals surface area contributed by atoms with E-state index in [0.29, 0.717) is 0 Å². The lowest BCUT2D eigenvalue weighted by Crippen LogP contribution is -2.44. The molecule has 0 spiro atoms. The second-order valence-electron chi connectivity index (χ2n) is 7.36. The van der Waals surface area contributed by atoms with E-state index in [4.69, 9.17) is 26.6 Å². The van der Waals surface area contributed by atoms with Gasteiger partial charge in [0, 0.05) is 53.7 Å². The molecule has 0 amide bonds. The van der Waals surface area contributed by atoms with Crippen LogP contribution in [0.2, 0.25) is 12.1 Å². The molecule has 0 bridgehead atoms. The second kappa shape index (κ2) is 20.5. The molecule has 30 heavy (non-hydrogen) atoms. The molecule has 0 aromatic rings. The van der Waals surface area contributed by atoms with Crippen LogP contribution in [0.15, 0.2) is 0 Å². The van der Waals surface area contributed by atoms with Crippen LogP contribution >= 0.6 is 25.3 Å². The third-order valence-corrected chi connectivity index (χ3v) is 11.5. The Morgan fingerprint density at radius 3 is 1.03 bits per heavy atom. The standard InChI is InChI=1S/C20H46O6S2Si2/c1-21-29(22-2,19-13-17-27)25-15-11-9-7-5-6-8-10-12-16-26-30(23-3,24-4)20-14-18-28/h27-28H,5-20H2,1-4H3. The molecular formula is C20H46O6S2Si2. The Bertz CT molecular complexity index is 341. The van der Waals surface area contributed by atoms with E-state index >= 15 is 0 Å². The molecule has 0 aromatic heterocycles. The average molecular weight is 503 g/mol. The lowest BCUT2D eigenvalue weighted by atomic mass is 10.1. The third-order valence-electron chi connectivity index (χ3n) is 5.21. The first kappa shape index (κ1) is 30.9. The van der Waals surface area contributed by atoms with Gasteiger partial charge in [-0.2, -0.15) is 25.3 Å². The number of hydrogen-bond donors (Lipinski definition) is 2. The van der Waals surface area contributed by atoms with Crippen LogP contribution < -0.4 is 0 Å². The first-order chi connectivity index (χ1) is 14.6. The summed E-state index contributed by atoms with van der Waals surface area (Å²) in [5.74, 6) is 1.66. The zero-order valence-corrected chi connectivity index (χ0v) is 23.4. The van der Waals surface area contributed by atoms with E-state index < -0.39 is 17.6 Å². The van der Waals surface area contributed by atoms with E-state index in [0.717, 1.165) is 62.5 Å². The lowest BCUT2D eigenvalue weighted by Gasteiger charge is -2.26. The van der Waals surface area contributed by atoms with Crippen molar-refractivity contribution in [3.05, 3.63) is 0 Å². The van der Waals surface area contributed by atoms with Crippen LogP contribution in [0.5, 0.6) is 0 Å². The molecule has 0 aromatic carbocycles. The topological polar surface area (TPSA) is 55.4 Å². The minimum absolute atomic E-state index is 0.718. The molecule has 0 unspecified atom stereocenters. The average Bonchev–Trinajstić information content (AvgIpc) is 2.79. The maximum absolute atomic E-state index is 6.00. The van der Waals surface area contributed by atoms with Crippen molar-refractivity contribution >= 4 is 42.9 Å². The van der Waals surface area contributed by atoms with Gasteiger partial charge in [-0.15, -0.1) is 0 Å². The molecule has 0 saturated heterocycles. The van der Waals surface area contributed by atoms with Gasteiger partial charge in [-0.25, -0.2) is 0 Å². The summed E-state index contributed by atoms with van der Waals surface area (Å²) in [6.07, 6.45) is 11.4. The highest BCUT2D eigenvalue weighted by Crippen LogP contribution is 2.19. The zero-order chi connectivity index (χ0) is 22.6. The number of thiol groups is 2. The monoisotopic (exact) mass is 502 g/mol. The summed E-state index contributed by atoms with van der Waals surface area (Å²) in [4.78, 5) is 0. The number of unbranched alkanes of at least 4 members (excludes halogenated alkanes) is 7. The Balaban J connectivity index is 3.68. The van der Waals surface area contributed by atoms with Gasteiger partial charge in [-0.05, 0) is 37.2 Å². The Kier molecular flexibility index (Phi) is 21.1. The first-order valence-corrected chi connectivity index (χ1v) is 16.4. The SMILES string of the molecule is CO[Si](CCCS)(OC)OCCCCCCCCCCO[Si](CCCS)(OC)OC. The van der Waals surface area contributed by atoms with Gasteiger partial charge in [-0.3, -0.25) is 0 Å². The van der Waals surface area contributed by atoms with Crippen LogP contribution in [-0.4, -0.2) is 70.8 Å². The predicted molar refractivity (Wildman–Crippen MR) is 135 cm³/mol. The molecule has 6 nitrogen and oxygen atoms in total. The number of hydrogen-bond acceptors (Lipinski definition) is 8. The van der Waals surface area contributed by atoms with Crippen LogP contribution in [0.4, 0.5) is 0 Å². The molecule has 0 N–H and O–H groups in total. The van der Waals surface area contributed by atoms with Crippen molar-refractivity contribution in [2.75, 3.05) is 53.2 Å². The summed E-state index contributed by atoms with van der Waals surface area (Å²) >= 11 is 8.53. The Morgan fingerprint density at radius 1 is 0.467 bits per heavy atom. The molecule has 0 heterocycles. The molecule has 0 aliphatic rings. The Morgan fingerprint density at radius 2 is 0.767 bits per heavy atom. The van der Waals surface area contributed by atoms with Gasteiger partial charge in [-0.1, -0.05) is 38.5 Å². The van der Waals surface area contributed by atoms with E-state index in [1.165, 1.54) is 38.5 Å². The highest BCUT2D eigenvalue weighted by molar-refractivity contribution is 7.80. The van der Waals surface area contributed by atoms with Crippen molar-refractivity contribution in [1.29, 1.82) is 0 Å². The summed E-state index contributed by atoms with van der Waals surface area (Å²) < 4.78 is 34.3. The van der Waals surface area contributed by atoms with Gasteiger partial charge in [0.25, 0.3) is 0 Å². The fourth-order valence-electron chi connectivity index (χ4n) is 3.27. The summed E-state index contributed by atoms with van der Waals surface area (Å²) in [5, 5.41) is 0. The van der Waals surface area contributed by atoms with Crippen molar-refractivity contribution < 1.29 is 26.6 Å². The predicted octanol–water partition coefficient (Wildman–Crippen LogP) is 5.24. The summed E-state index contributed by atoms with van der Waals surface area (Å²) in [6.45, 7) is 1.44. The highest BCUT2D eigenvalue weighted by Gasteiger charge is 2.38. The molecule has 0 atom stereocenters. The van der Waals surface area contributed by atoms with Crippen molar-refractivity contribution in [2.24, 2.45) is 0 Å². The van der Waals surface area contributed by atoms with E-state index in [1.54, 1.807) is 28.4 Å². The minimum atomic E-state index is -2.46. The molecule has 0 saturated carbocycles. The van der Waals surface area contributed by atoms with E-state index in [-0.39, 0.29) is 0 Å². The fraction of sp³-hybridized carbons (Fsp3) is 1.00. The van der Waals surface area contributed by atoms with Crippen molar-refractivity contribution in [1.82, 2.24) is 0 Å². The van der Waals surface area contributed by atoms with Crippen molar-refractivity contribution in [2.45, 2.75) is 76.3 Å². The van der Waals surface area contributed by atoms with E-state index in [1.807, 2.05) is 0 Å². The van der Waals surface area contributed by atoms with E-state index in [9.17, 15) is 0 Å².